The number of carbonyl (C=O) groups is 1. The lowest BCUT2D eigenvalue weighted by Crippen LogP contribution is -2.33. The minimum atomic E-state index is 0.202. The van der Waals surface area contributed by atoms with Crippen molar-refractivity contribution in [1.29, 1.82) is 0 Å². The van der Waals surface area contributed by atoms with Gasteiger partial charge in [0.15, 0.2) is 0 Å². The lowest BCUT2D eigenvalue weighted by molar-refractivity contribution is -0.121. The molecule has 0 spiro atoms. The Balaban J connectivity index is 1.96. The first-order valence-electron chi connectivity index (χ1n) is 6.06. The molecule has 3 nitrogen and oxygen atoms in total. The van der Waals surface area contributed by atoms with Crippen molar-refractivity contribution in [2.24, 2.45) is 5.92 Å². The molecule has 1 aliphatic carbocycles. The van der Waals surface area contributed by atoms with E-state index in [-0.39, 0.29) is 5.91 Å². The summed E-state index contributed by atoms with van der Waals surface area (Å²) in [6.07, 6.45) is 4.32. The Labute approximate surface area is 93.2 Å². The van der Waals surface area contributed by atoms with Gasteiger partial charge in [0, 0.05) is 25.6 Å². The predicted molar refractivity (Wildman–Crippen MR) is 62.7 cm³/mol. The van der Waals surface area contributed by atoms with E-state index in [1.807, 2.05) is 0 Å². The van der Waals surface area contributed by atoms with Gasteiger partial charge in [-0.3, -0.25) is 4.79 Å². The molecule has 1 aliphatic rings. The average Bonchev–Trinajstić information content (AvgIpc) is 2.97. The first-order valence-corrected chi connectivity index (χ1v) is 6.06. The molecule has 0 aromatic heterocycles. The molecule has 0 aromatic carbocycles. The molecule has 0 saturated heterocycles. The van der Waals surface area contributed by atoms with Gasteiger partial charge >= 0.3 is 0 Å². The molecule has 0 aromatic rings. The van der Waals surface area contributed by atoms with Crippen molar-refractivity contribution in [3.63, 3.8) is 0 Å². The minimum Gasteiger partial charge on any atom is -0.355 e. The highest BCUT2D eigenvalue weighted by molar-refractivity contribution is 5.75. The van der Waals surface area contributed by atoms with Crippen LogP contribution in [0.3, 0.4) is 0 Å². The third-order valence-electron chi connectivity index (χ3n) is 2.91. The highest BCUT2D eigenvalue weighted by atomic mass is 16.1. The van der Waals surface area contributed by atoms with Crippen molar-refractivity contribution in [2.75, 3.05) is 20.1 Å². The van der Waals surface area contributed by atoms with Gasteiger partial charge in [0.25, 0.3) is 0 Å². The van der Waals surface area contributed by atoms with E-state index in [1.165, 1.54) is 12.8 Å². The van der Waals surface area contributed by atoms with E-state index in [0.717, 1.165) is 25.6 Å². The molecule has 0 radical (unpaired) electrons. The van der Waals surface area contributed by atoms with E-state index in [4.69, 9.17) is 0 Å². The first-order chi connectivity index (χ1) is 7.09. The van der Waals surface area contributed by atoms with Crippen LogP contribution in [0.15, 0.2) is 0 Å². The number of rotatable bonds is 7. The number of likely N-dealkylation sites (N-methyl/N-ethyl adjacent to an activating group) is 1. The van der Waals surface area contributed by atoms with E-state index >= 15 is 0 Å². The zero-order valence-electron chi connectivity index (χ0n) is 10.3. The summed E-state index contributed by atoms with van der Waals surface area (Å²) in [5, 5.41) is 2.97. The fourth-order valence-electron chi connectivity index (χ4n) is 1.58. The summed E-state index contributed by atoms with van der Waals surface area (Å²) in [7, 11) is 2.14. The lowest BCUT2D eigenvalue weighted by Gasteiger charge is -2.15. The Morgan fingerprint density at radius 1 is 1.47 bits per heavy atom. The van der Waals surface area contributed by atoms with Crippen LogP contribution in [0, 0.1) is 5.92 Å². The molecule has 1 rings (SSSR count). The zero-order valence-corrected chi connectivity index (χ0v) is 10.3. The fraction of sp³-hybridized carbons (Fsp3) is 0.917. The second-order valence-electron chi connectivity index (χ2n) is 4.99. The maximum absolute atomic E-state index is 11.4. The van der Waals surface area contributed by atoms with Crippen molar-refractivity contribution in [3.05, 3.63) is 0 Å². The molecule has 1 amide bonds. The van der Waals surface area contributed by atoms with Crippen LogP contribution in [-0.4, -0.2) is 37.0 Å². The molecule has 0 aliphatic heterocycles. The van der Waals surface area contributed by atoms with Crippen LogP contribution in [0.5, 0.6) is 0 Å². The molecule has 15 heavy (non-hydrogen) atoms. The van der Waals surface area contributed by atoms with Crippen LogP contribution in [0.1, 0.15) is 39.5 Å². The molecule has 1 N–H and O–H groups in total. The monoisotopic (exact) mass is 212 g/mol. The molecular weight excluding hydrogens is 188 g/mol. The molecule has 1 fully saturated rings. The van der Waals surface area contributed by atoms with Gasteiger partial charge in [0.05, 0.1) is 0 Å². The van der Waals surface area contributed by atoms with Gasteiger partial charge in [-0.25, -0.2) is 0 Å². The molecule has 0 heterocycles. The Bertz CT molecular complexity index is 200. The van der Waals surface area contributed by atoms with Gasteiger partial charge in [-0.2, -0.15) is 0 Å². The van der Waals surface area contributed by atoms with E-state index in [1.54, 1.807) is 0 Å². The third kappa shape index (κ3) is 5.78. The number of hydrogen-bond acceptors (Lipinski definition) is 2. The maximum Gasteiger partial charge on any atom is 0.220 e. The van der Waals surface area contributed by atoms with Crippen molar-refractivity contribution >= 4 is 5.91 Å². The van der Waals surface area contributed by atoms with E-state index in [2.05, 4.69) is 31.1 Å². The maximum atomic E-state index is 11.4. The highest BCUT2D eigenvalue weighted by Crippen LogP contribution is 2.24. The van der Waals surface area contributed by atoms with Crippen molar-refractivity contribution in [1.82, 2.24) is 10.2 Å². The summed E-state index contributed by atoms with van der Waals surface area (Å²) in [6.45, 7) is 6.07. The van der Waals surface area contributed by atoms with Gasteiger partial charge in [-0.1, -0.05) is 13.8 Å². The second-order valence-corrected chi connectivity index (χ2v) is 4.99. The SMILES string of the molecule is CC(C)CCC(=O)NCCN(C)C1CC1. The third-order valence-corrected chi connectivity index (χ3v) is 2.91. The van der Waals surface area contributed by atoms with E-state index in [0.29, 0.717) is 12.3 Å². The van der Waals surface area contributed by atoms with Gasteiger partial charge in [-0.15, -0.1) is 0 Å². The fourth-order valence-corrected chi connectivity index (χ4v) is 1.58. The van der Waals surface area contributed by atoms with Gasteiger partial charge in [0.2, 0.25) is 5.91 Å². The molecule has 0 bridgehead atoms. The quantitative estimate of drug-likeness (QED) is 0.695. The van der Waals surface area contributed by atoms with Crippen molar-refractivity contribution in [2.45, 2.75) is 45.6 Å². The van der Waals surface area contributed by atoms with Crippen LogP contribution in [0.4, 0.5) is 0 Å². The van der Waals surface area contributed by atoms with E-state index < -0.39 is 0 Å². The Morgan fingerprint density at radius 3 is 2.67 bits per heavy atom. The summed E-state index contributed by atoms with van der Waals surface area (Å²) >= 11 is 0. The van der Waals surface area contributed by atoms with Crippen LogP contribution in [0.25, 0.3) is 0 Å². The number of amides is 1. The number of carbonyl (C=O) groups excluding carboxylic acids is 1. The van der Waals surface area contributed by atoms with Gasteiger partial charge in [0.1, 0.15) is 0 Å². The summed E-state index contributed by atoms with van der Waals surface area (Å²) < 4.78 is 0. The van der Waals surface area contributed by atoms with Crippen LogP contribution in [-0.2, 0) is 4.79 Å². The number of hydrogen-bond donors (Lipinski definition) is 1. The highest BCUT2D eigenvalue weighted by Gasteiger charge is 2.25. The number of nitrogens with one attached hydrogen (secondary N) is 1. The summed E-state index contributed by atoms with van der Waals surface area (Å²) in [5.74, 6) is 0.817. The minimum absolute atomic E-state index is 0.202. The number of nitrogens with zero attached hydrogens (tertiary/aromatic N) is 1. The largest absolute Gasteiger partial charge is 0.355 e. The average molecular weight is 212 g/mol. The topological polar surface area (TPSA) is 32.3 Å². The normalized spacial score (nSPS) is 16.1. The van der Waals surface area contributed by atoms with Crippen molar-refractivity contribution < 1.29 is 4.79 Å². The molecule has 3 heteroatoms. The van der Waals surface area contributed by atoms with Crippen LogP contribution < -0.4 is 5.32 Å². The molecule has 1 saturated carbocycles. The van der Waals surface area contributed by atoms with Gasteiger partial charge in [-0.05, 0) is 32.2 Å². The summed E-state index contributed by atoms with van der Waals surface area (Å²) in [5.41, 5.74) is 0. The Morgan fingerprint density at radius 2 is 2.13 bits per heavy atom. The summed E-state index contributed by atoms with van der Waals surface area (Å²) in [4.78, 5) is 13.7. The lowest BCUT2D eigenvalue weighted by atomic mass is 10.1. The first kappa shape index (κ1) is 12.5. The van der Waals surface area contributed by atoms with Crippen molar-refractivity contribution in [3.8, 4) is 0 Å². The molecule has 88 valence electrons. The van der Waals surface area contributed by atoms with Crippen LogP contribution >= 0.6 is 0 Å². The molecule has 0 atom stereocenters. The Kier molecular flexibility index (Phi) is 5.09. The van der Waals surface area contributed by atoms with Gasteiger partial charge < -0.3 is 10.2 Å². The molecule has 0 unspecified atom stereocenters. The molecular formula is C12H24N2O. The predicted octanol–water partition coefficient (Wildman–Crippen LogP) is 1.63. The smallest absolute Gasteiger partial charge is 0.220 e. The van der Waals surface area contributed by atoms with E-state index in [9.17, 15) is 4.79 Å². The Hall–Kier alpha value is -0.570. The summed E-state index contributed by atoms with van der Waals surface area (Å²) in [6, 6.07) is 0.789. The second kappa shape index (κ2) is 6.11. The zero-order chi connectivity index (χ0) is 11.3. The standard InChI is InChI=1S/C12H24N2O/c1-10(2)4-7-12(15)13-8-9-14(3)11-5-6-11/h10-11H,4-9H2,1-3H3,(H,13,15). The van der Waals surface area contributed by atoms with Crippen LogP contribution in [0.2, 0.25) is 0 Å².